The van der Waals surface area contributed by atoms with E-state index in [-0.39, 0.29) is 55.0 Å². The molecule has 3 aliphatic rings. The van der Waals surface area contributed by atoms with Crippen LogP contribution in [0.25, 0.3) is 0 Å². The average molecular weight is 1250 g/mol. The number of halogens is 3. The molecule has 0 bridgehead atoms. The van der Waals surface area contributed by atoms with E-state index in [1.807, 2.05) is 129 Å². The molecule has 0 spiro atoms. The van der Waals surface area contributed by atoms with E-state index >= 15 is 0 Å². The molecule has 0 fully saturated rings. The highest BCUT2D eigenvalue weighted by Gasteiger charge is 2.47. The summed E-state index contributed by atoms with van der Waals surface area (Å²) in [5, 5.41) is 0. The normalized spacial score (nSPS) is 16.2. The molecule has 486 valence electrons. The minimum Gasteiger partial charge on any atom is -0.495 e. The predicted molar refractivity (Wildman–Crippen MR) is 340 cm³/mol. The molecule has 0 aliphatic carbocycles. The van der Waals surface area contributed by atoms with Crippen LogP contribution >= 0.6 is 0 Å². The lowest BCUT2D eigenvalue weighted by Crippen LogP contribution is -2.48. The molecule has 16 nitrogen and oxygen atoms in total. The first-order chi connectivity index (χ1) is 42.5. The van der Waals surface area contributed by atoms with Crippen molar-refractivity contribution in [2.45, 2.75) is 166 Å². The first-order valence-electron chi connectivity index (χ1n) is 31.0. The second kappa shape index (κ2) is 30.1. The molecular formula is C71H91F3N6O10. The minimum atomic E-state index is -4.88. The first kappa shape index (κ1) is 69.4. The largest absolute Gasteiger partial charge is 0.495 e. The number of carbonyl (C=O) groups excluding carboxylic acids is 3. The molecule has 6 aromatic rings. The van der Waals surface area contributed by atoms with E-state index in [4.69, 9.17) is 33.2 Å². The van der Waals surface area contributed by atoms with Crippen LogP contribution in [0.2, 0.25) is 0 Å². The van der Waals surface area contributed by atoms with Crippen LogP contribution < -0.4 is 28.4 Å². The number of rotatable bonds is 16. The van der Waals surface area contributed by atoms with E-state index in [1.54, 1.807) is 33.5 Å². The van der Waals surface area contributed by atoms with Gasteiger partial charge in [-0.2, -0.15) is 13.2 Å². The van der Waals surface area contributed by atoms with Crippen LogP contribution in [-0.2, 0) is 53.4 Å². The zero-order valence-electron chi connectivity index (χ0n) is 55.5. The summed E-state index contributed by atoms with van der Waals surface area (Å²) in [6.07, 6.45) is -3.19. The Balaban J connectivity index is 0.000000192. The number of nitrogens with zero attached hydrogens (tertiary/aromatic N) is 6. The predicted octanol–water partition coefficient (Wildman–Crippen LogP) is 14.8. The lowest BCUT2D eigenvalue weighted by Gasteiger charge is -2.40. The zero-order valence-corrected chi connectivity index (χ0v) is 55.5. The molecule has 90 heavy (non-hydrogen) atoms. The highest BCUT2D eigenvalue weighted by Crippen LogP contribution is 2.42. The summed E-state index contributed by atoms with van der Waals surface area (Å²) in [5.41, 5.74) is 10.9. The van der Waals surface area contributed by atoms with Crippen LogP contribution in [0.1, 0.15) is 162 Å². The molecule has 0 unspecified atom stereocenters. The molecule has 3 aliphatic heterocycles. The molecule has 0 saturated carbocycles. The lowest BCUT2D eigenvalue weighted by atomic mass is 9.85. The quantitative estimate of drug-likeness (QED) is 0.0900. The number of aryl methyl sites for hydroxylation is 3. The summed E-state index contributed by atoms with van der Waals surface area (Å²) < 4.78 is 78.8. The Labute approximate surface area is 529 Å². The van der Waals surface area contributed by atoms with Crippen LogP contribution in [0.4, 0.5) is 18.0 Å². The van der Waals surface area contributed by atoms with Crippen LogP contribution in [-0.4, -0.2) is 100 Å². The number of ether oxygens (including phenoxy) is 7. The Morgan fingerprint density at radius 3 is 1.12 bits per heavy atom. The van der Waals surface area contributed by atoms with Gasteiger partial charge in [0.2, 0.25) is 5.91 Å². The van der Waals surface area contributed by atoms with Crippen molar-refractivity contribution in [2.75, 3.05) is 41.0 Å². The summed E-state index contributed by atoms with van der Waals surface area (Å²) in [7, 11) is 4.84. The molecule has 3 atom stereocenters. The fourth-order valence-corrected chi connectivity index (χ4v) is 11.9. The number of hydrogen-bond acceptors (Lipinski definition) is 13. The summed E-state index contributed by atoms with van der Waals surface area (Å²) in [4.78, 5) is 55.8. The molecule has 3 aromatic heterocycles. The number of aromatic nitrogens is 3. The van der Waals surface area contributed by atoms with E-state index in [9.17, 15) is 27.6 Å². The summed E-state index contributed by atoms with van der Waals surface area (Å²) in [5.74, 6) is 3.18. The van der Waals surface area contributed by atoms with Gasteiger partial charge in [-0.05, 0) is 185 Å². The molecule has 9 rings (SSSR count). The topological polar surface area (TPSA) is 164 Å². The molecule has 19 heteroatoms. The van der Waals surface area contributed by atoms with Crippen molar-refractivity contribution >= 4 is 17.9 Å². The Hall–Kier alpha value is -8.09. The van der Waals surface area contributed by atoms with E-state index in [2.05, 4.69) is 71.8 Å². The maximum atomic E-state index is 13.0. The van der Waals surface area contributed by atoms with Gasteiger partial charge in [-0.25, -0.2) is 4.79 Å². The fraction of sp³-hybridized carbons (Fsp3) is 0.493. The second-order valence-electron chi connectivity index (χ2n) is 25.4. The van der Waals surface area contributed by atoms with Crippen molar-refractivity contribution in [1.82, 2.24) is 29.7 Å². The van der Waals surface area contributed by atoms with Crippen LogP contribution in [0.5, 0.6) is 34.5 Å². The molecule has 0 radical (unpaired) electrons. The van der Waals surface area contributed by atoms with E-state index in [0.29, 0.717) is 49.3 Å². The molecule has 0 N–H and O–H groups in total. The Morgan fingerprint density at radius 2 is 0.811 bits per heavy atom. The molecular weight excluding hydrogens is 1150 g/mol. The zero-order chi connectivity index (χ0) is 65.9. The van der Waals surface area contributed by atoms with Gasteiger partial charge in [0.1, 0.15) is 77.0 Å². The van der Waals surface area contributed by atoms with Crippen molar-refractivity contribution in [3.63, 3.8) is 0 Å². The van der Waals surface area contributed by atoms with Gasteiger partial charge in [-0.1, -0.05) is 73.6 Å². The monoisotopic (exact) mass is 1240 g/mol. The summed E-state index contributed by atoms with van der Waals surface area (Å²) in [6.45, 7) is 30.0. The lowest BCUT2D eigenvalue weighted by molar-refractivity contribution is -0.189. The third-order valence-electron chi connectivity index (χ3n) is 16.0. The number of hydrogen-bond donors (Lipinski definition) is 0. The van der Waals surface area contributed by atoms with Crippen LogP contribution in [0.15, 0.2) is 91.0 Å². The third kappa shape index (κ3) is 17.4. The highest BCUT2D eigenvalue weighted by atomic mass is 19.4. The van der Waals surface area contributed by atoms with Crippen molar-refractivity contribution in [1.29, 1.82) is 0 Å². The number of benzene rings is 3. The third-order valence-corrected chi connectivity index (χ3v) is 16.0. The average Bonchev–Trinajstić information content (AvgIpc) is 0.890. The summed E-state index contributed by atoms with van der Waals surface area (Å²) >= 11 is 0. The van der Waals surface area contributed by atoms with Gasteiger partial charge in [0.15, 0.2) is 0 Å². The van der Waals surface area contributed by atoms with Crippen molar-refractivity contribution in [3.8, 4) is 34.5 Å². The van der Waals surface area contributed by atoms with Gasteiger partial charge in [0.05, 0.1) is 39.5 Å². The number of methoxy groups -OCH3 is 3. The van der Waals surface area contributed by atoms with Crippen molar-refractivity contribution < 1.29 is 60.7 Å². The van der Waals surface area contributed by atoms with Crippen molar-refractivity contribution in [3.05, 3.63) is 159 Å². The van der Waals surface area contributed by atoms with E-state index in [1.165, 1.54) is 16.7 Å². The van der Waals surface area contributed by atoms with Gasteiger partial charge in [0, 0.05) is 42.6 Å². The number of carbonyl (C=O) groups is 3. The van der Waals surface area contributed by atoms with Gasteiger partial charge < -0.3 is 47.9 Å². The van der Waals surface area contributed by atoms with Gasteiger partial charge in [-0.3, -0.25) is 24.5 Å². The fourth-order valence-electron chi connectivity index (χ4n) is 11.9. The van der Waals surface area contributed by atoms with Gasteiger partial charge in [0.25, 0.3) is 0 Å². The maximum absolute atomic E-state index is 13.0. The van der Waals surface area contributed by atoms with Gasteiger partial charge in [-0.15, -0.1) is 0 Å². The maximum Gasteiger partial charge on any atom is 0.471 e. The van der Waals surface area contributed by atoms with E-state index < -0.39 is 23.7 Å². The highest BCUT2D eigenvalue weighted by molar-refractivity contribution is 5.83. The molecule has 3 aromatic carbocycles. The van der Waals surface area contributed by atoms with Crippen molar-refractivity contribution in [2.24, 2.45) is 23.7 Å². The number of fused-ring (bicyclic) bond motifs is 3. The molecule has 3 amide bonds. The smallest absolute Gasteiger partial charge is 0.471 e. The van der Waals surface area contributed by atoms with Crippen LogP contribution in [0.3, 0.4) is 0 Å². The molecule has 0 saturated heterocycles. The standard InChI is InChI=1S/C25H34N2O4.C24H32N2O3.C22H25F3N2O3/c1-16(2)23-20-10-9-19(30-15-21-22(29-7)11-8-17(3)26-21)14-18(20)12-13-27(23)24(28)31-25(4,5)6;1-15(2)23-20-9-8-19(13-18(20)11-12-26(23)24(27)16(3)4)29-14-21-22(28-6)10-7-17(5)25-21;1-13(2)20-17-7-6-16(30-12-18-19(29-4)8-5-14(3)26-18)11-15(17)9-10-27(20)21(28)22(23,24)25/h8-11,14,16,23H,12-13,15H2,1-7H3;7-10,13,15-16,23H,11-12,14H2,1-6H3;5-8,11,13,20H,9-10,12H2,1-4H3/t2*23-;20-/m000/s1. The number of alkyl halides is 3. The first-order valence-corrected chi connectivity index (χ1v) is 31.0. The number of amides is 3. The Bertz CT molecular complexity index is 3450. The summed E-state index contributed by atoms with van der Waals surface area (Å²) in [6, 6.07) is 28.5. The Kier molecular flexibility index (Phi) is 23.2. The van der Waals surface area contributed by atoms with Gasteiger partial charge >= 0.3 is 18.2 Å². The molecule has 6 heterocycles. The van der Waals surface area contributed by atoms with Crippen LogP contribution in [0, 0.1) is 44.4 Å². The second-order valence-corrected chi connectivity index (χ2v) is 25.4. The SMILES string of the molecule is COc1ccc(C)nc1COc1ccc2c(c1)CCN(C(=O)C(C)C)[C@H]2C(C)C.COc1ccc(C)nc1COc1ccc2c(c1)CCN(C(=O)C(F)(F)F)[C@H]2C(C)C.COc1ccc(C)nc1COc1ccc2c(c1)CCN(C(=O)OC(C)(C)C)[C@H]2C(C)C. The number of pyridine rings is 3. The minimum absolute atomic E-state index is 0.0113. The Morgan fingerprint density at radius 1 is 0.489 bits per heavy atom. The van der Waals surface area contributed by atoms with E-state index in [0.717, 1.165) is 92.4 Å².